The molecule has 3 rings (SSSR count). The maximum Gasteiger partial charge on any atom is 0.407 e. The molecule has 0 unspecified atom stereocenters. The number of carbonyl (C=O) groups is 3. The molecule has 1 N–H and O–H groups in total. The quantitative estimate of drug-likeness (QED) is 0.588. The number of ketones is 1. The molecule has 2 aromatic carbocycles. The molecular formula is C26H31NO5. The molecule has 0 spiro atoms. The van der Waals surface area contributed by atoms with Crippen LogP contribution in [-0.4, -0.2) is 36.1 Å². The Labute approximate surface area is 189 Å². The lowest BCUT2D eigenvalue weighted by molar-refractivity contribution is -0.155. The van der Waals surface area contributed by atoms with Crippen LogP contribution in [0.2, 0.25) is 0 Å². The fourth-order valence-electron chi connectivity index (χ4n) is 4.00. The van der Waals surface area contributed by atoms with Crippen LogP contribution in [0.3, 0.4) is 0 Å². The van der Waals surface area contributed by atoms with E-state index in [1.807, 2.05) is 45.0 Å². The molecule has 1 amide bonds. The first-order chi connectivity index (χ1) is 15.2. The van der Waals surface area contributed by atoms with Gasteiger partial charge < -0.3 is 14.8 Å². The standard InChI is InChI=1S/C26H31NO5/c1-17(28)23(14-9-15-24(29)32-26(2,3)4)27-25(30)31-16-22-20-12-7-5-10-18(20)19-11-6-8-13-21(19)22/h5-8,10-13,22-23H,9,14-16H2,1-4H3,(H,27,30)/t23-/m0/s1. The Hall–Kier alpha value is -3.15. The van der Waals surface area contributed by atoms with Gasteiger partial charge in [0.1, 0.15) is 12.2 Å². The molecule has 6 nitrogen and oxygen atoms in total. The summed E-state index contributed by atoms with van der Waals surface area (Å²) >= 11 is 0. The zero-order valence-corrected chi connectivity index (χ0v) is 19.1. The van der Waals surface area contributed by atoms with Crippen molar-refractivity contribution in [3.8, 4) is 11.1 Å². The summed E-state index contributed by atoms with van der Waals surface area (Å²) in [6.07, 6.45) is 0.332. The topological polar surface area (TPSA) is 81.7 Å². The van der Waals surface area contributed by atoms with Crippen LogP contribution in [-0.2, 0) is 19.1 Å². The van der Waals surface area contributed by atoms with Crippen LogP contribution in [0, 0.1) is 0 Å². The second kappa shape index (κ2) is 9.98. The molecule has 6 heteroatoms. The van der Waals surface area contributed by atoms with Gasteiger partial charge in [-0.05, 0) is 62.8 Å². The van der Waals surface area contributed by atoms with Crippen molar-refractivity contribution in [3.05, 3.63) is 59.7 Å². The monoisotopic (exact) mass is 437 g/mol. The predicted octanol–water partition coefficient (Wildman–Crippen LogP) is 4.99. The summed E-state index contributed by atoms with van der Waals surface area (Å²) in [5.74, 6) is -0.542. The molecule has 1 aliphatic carbocycles. The number of benzene rings is 2. The number of amides is 1. The Morgan fingerprint density at radius 3 is 2.06 bits per heavy atom. The Morgan fingerprint density at radius 1 is 0.969 bits per heavy atom. The van der Waals surface area contributed by atoms with Gasteiger partial charge in [0.25, 0.3) is 0 Å². The highest BCUT2D eigenvalue weighted by Crippen LogP contribution is 2.44. The minimum atomic E-state index is -0.701. The van der Waals surface area contributed by atoms with Gasteiger partial charge in [0.05, 0.1) is 6.04 Å². The van der Waals surface area contributed by atoms with Crippen molar-refractivity contribution in [2.45, 2.75) is 64.5 Å². The number of alkyl carbamates (subject to hydrolysis) is 1. The zero-order chi connectivity index (χ0) is 23.3. The largest absolute Gasteiger partial charge is 0.460 e. The van der Waals surface area contributed by atoms with E-state index in [1.54, 1.807) is 0 Å². The van der Waals surface area contributed by atoms with Crippen molar-refractivity contribution in [2.75, 3.05) is 6.61 Å². The number of esters is 1. The molecule has 32 heavy (non-hydrogen) atoms. The van der Waals surface area contributed by atoms with Crippen LogP contribution in [0.4, 0.5) is 4.79 Å². The van der Waals surface area contributed by atoms with Gasteiger partial charge in [0.2, 0.25) is 0 Å². The third kappa shape index (κ3) is 5.96. The fourth-order valence-corrected chi connectivity index (χ4v) is 4.00. The second-order valence-electron chi connectivity index (χ2n) is 9.11. The average molecular weight is 438 g/mol. The van der Waals surface area contributed by atoms with E-state index in [2.05, 4.69) is 29.6 Å². The fraction of sp³-hybridized carbons (Fsp3) is 0.423. The van der Waals surface area contributed by atoms with Gasteiger partial charge in [0.15, 0.2) is 5.78 Å². The van der Waals surface area contributed by atoms with Gasteiger partial charge in [-0.15, -0.1) is 0 Å². The number of Topliss-reactive ketones (excluding diaryl/α,β-unsaturated/α-hetero) is 1. The smallest absolute Gasteiger partial charge is 0.407 e. The highest BCUT2D eigenvalue weighted by atomic mass is 16.6. The maximum atomic E-state index is 12.4. The number of hydrogen-bond donors (Lipinski definition) is 1. The molecule has 0 saturated heterocycles. The lowest BCUT2D eigenvalue weighted by Crippen LogP contribution is -2.40. The minimum absolute atomic E-state index is 0.0453. The van der Waals surface area contributed by atoms with Crippen LogP contribution < -0.4 is 5.32 Å². The van der Waals surface area contributed by atoms with Crippen LogP contribution in [0.15, 0.2) is 48.5 Å². The number of ether oxygens (including phenoxy) is 2. The summed E-state index contributed by atoms with van der Waals surface area (Å²) < 4.78 is 10.8. The molecule has 0 fully saturated rings. The number of nitrogens with one attached hydrogen (secondary N) is 1. The van der Waals surface area contributed by atoms with E-state index in [0.29, 0.717) is 12.8 Å². The molecule has 0 aromatic heterocycles. The first-order valence-corrected chi connectivity index (χ1v) is 11.0. The predicted molar refractivity (Wildman–Crippen MR) is 122 cm³/mol. The van der Waals surface area contributed by atoms with Gasteiger partial charge in [-0.2, -0.15) is 0 Å². The van der Waals surface area contributed by atoms with Gasteiger partial charge in [-0.1, -0.05) is 48.5 Å². The van der Waals surface area contributed by atoms with Crippen LogP contribution >= 0.6 is 0 Å². The molecular weight excluding hydrogens is 406 g/mol. The summed E-state index contributed by atoms with van der Waals surface area (Å²) in [5, 5.41) is 2.65. The van der Waals surface area contributed by atoms with E-state index in [0.717, 1.165) is 22.3 Å². The van der Waals surface area contributed by atoms with Crippen molar-refractivity contribution in [3.63, 3.8) is 0 Å². The van der Waals surface area contributed by atoms with Crippen LogP contribution in [0.1, 0.15) is 64.0 Å². The number of carbonyl (C=O) groups excluding carboxylic acids is 3. The summed E-state index contributed by atoms with van der Waals surface area (Å²) in [6.45, 7) is 7.02. The first-order valence-electron chi connectivity index (χ1n) is 11.0. The van der Waals surface area contributed by atoms with Gasteiger partial charge in [0, 0.05) is 12.3 Å². The van der Waals surface area contributed by atoms with Gasteiger partial charge in [-0.3, -0.25) is 9.59 Å². The molecule has 1 atom stereocenters. The molecule has 0 radical (unpaired) electrons. The molecule has 0 bridgehead atoms. The third-order valence-electron chi connectivity index (χ3n) is 5.42. The van der Waals surface area contributed by atoms with Crippen molar-refractivity contribution in [1.82, 2.24) is 5.32 Å². The Kier molecular flexibility index (Phi) is 7.33. The van der Waals surface area contributed by atoms with Crippen molar-refractivity contribution in [1.29, 1.82) is 0 Å². The SMILES string of the molecule is CC(=O)[C@H](CCCC(=O)OC(C)(C)C)NC(=O)OCC1c2ccccc2-c2ccccc21. The van der Waals surface area contributed by atoms with Gasteiger partial charge >= 0.3 is 12.1 Å². The molecule has 0 saturated carbocycles. The molecule has 1 aliphatic rings. The molecule has 2 aromatic rings. The van der Waals surface area contributed by atoms with Crippen molar-refractivity contribution >= 4 is 17.8 Å². The van der Waals surface area contributed by atoms with Gasteiger partial charge in [-0.25, -0.2) is 4.79 Å². The minimum Gasteiger partial charge on any atom is -0.460 e. The number of fused-ring (bicyclic) bond motifs is 3. The first kappa shape index (κ1) is 23.5. The Balaban J connectivity index is 1.54. The molecule has 0 heterocycles. The summed E-state index contributed by atoms with van der Waals surface area (Å²) in [6, 6.07) is 15.5. The van der Waals surface area contributed by atoms with E-state index >= 15 is 0 Å². The molecule has 0 aliphatic heterocycles. The summed E-state index contributed by atoms with van der Waals surface area (Å²) in [4.78, 5) is 36.3. The highest BCUT2D eigenvalue weighted by molar-refractivity contribution is 5.85. The van der Waals surface area contributed by atoms with Crippen LogP contribution in [0.25, 0.3) is 11.1 Å². The lowest BCUT2D eigenvalue weighted by atomic mass is 9.98. The Bertz CT molecular complexity index is 946. The lowest BCUT2D eigenvalue weighted by Gasteiger charge is -2.20. The highest BCUT2D eigenvalue weighted by Gasteiger charge is 2.29. The van der Waals surface area contributed by atoms with E-state index in [9.17, 15) is 14.4 Å². The summed E-state index contributed by atoms with van der Waals surface area (Å²) in [7, 11) is 0. The van der Waals surface area contributed by atoms with E-state index in [4.69, 9.17) is 9.47 Å². The van der Waals surface area contributed by atoms with E-state index in [-0.39, 0.29) is 30.7 Å². The van der Waals surface area contributed by atoms with E-state index < -0.39 is 17.7 Å². The van der Waals surface area contributed by atoms with E-state index in [1.165, 1.54) is 6.92 Å². The molecule has 170 valence electrons. The summed E-state index contributed by atoms with van der Waals surface area (Å²) in [5.41, 5.74) is 4.02. The third-order valence-corrected chi connectivity index (χ3v) is 5.42. The average Bonchev–Trinajstić information content (AvgIpc) is 3.04. The normalized spacial score (nSPS) is 13.6. The van der Waals surface area contributed by atoms with Crippen molar-refractivity contribution in [2.24, 2.45) is 0 Å². The van der Waals surface area contributed by atoms with Crippen molar-refractivity contribution < 1.29 is 23.9 Å². The maximum absolute atomic E-state index is 12.4. The second-order valence-corrected chi connectivity index (χ2v) is 9.11. The van der Waals surface area contributed by atoms with Crippen LogP contribution in [0.5, 0.6) is 0 Å². The number of hydrogen-bond acceptors (Lipinski definition) is 5. The number of rotatable bonds is 8. The Morgan fingerprint density at radius 2 is 1.53 bits per heavy atom. The zero-order valence-electron chi connectivity index (χ0n) is 19.1.